The van der Waals surface area contributed by atoms with E-state index in [2.05, 4.69) is 64.0 Å². The summed E-state index contributed by atoms with van der Waals surface area (Å²) in [5, 5.41) is 14.3. The van der Waals surface area contributed by atoms with E-state index in [4.69, 9.17) is 4.52 Å². The Bertz CT molecular complexity index is 890. The highest BCUT2D eigenvalue weighted by molar-refractivity contribution is 9.10. The Morgan fingerprint density at radius 2 is 1.76 bits per heavy atom. The highest BCUT2D eigenvalue weighted by Gasteiger charge is 2.37. The Morgan fingerprint density at radius 1 is 1.08 bits per heavy atom. The third-order valence-electron chi connectivity index (χ3n) is 4.73. The van der Waals surface area contributed by atoms with Crippen molar-refractivity contribution < 1.29 is 9.63 Å². The minimum absolute atomic E-state index is 0.106. The Kier molecular flexibility index (Phi) is 4.64. The zero-order chi connectivity index (χ0) is 18.2. The van der Waals surface area contributed by atoms with Crippen molar-refractivity contribution in [1.29, 1.82) is 0 Å². The molecule has 0 saturated heterocycles. The average Bonchev–Trinajstić information content (AvgIpc) is 3.04. The second-order valence-electron chi connectivity index (χ2n) is 6.61. The molecular formula is C19H20BrN3O2. The number of benzene rings is 1. The third kappa shape index (κ3) is 3.18. The van der Waals surface area contributed by atoms with E-state index in [-0.39, 0.29) is 17.7 Å². The quantitative estimate of drug-likeness (QED) is 0.674. The van der Waals surface area contributed by atoms with E-state index in [9.17, 15) is 5.11 Å². The van der Waals surface area contributed by atoms with Crippen molar-refractivity contribution in [2.45, 2.75) is 33.1 Å². The molecule has 1 N–H and O–H groups in total. The first-order valence-corrected chi connectivity index (χ1v) is 8.89. The summed E-state index contributed by atoms with van der Waals surface area (Å²) in [7, 11) is 0. The fraction of sp³-hybridized carbons (Fsp3) is 0.316. The number of hydrogen-bond acceptors (Lipinski definition) is 5. The number of nitrogens with zero attached hydrogens (tertiary/aromatic N) is 3. The molecule has 0 aliphatic rings. The molecule has 1 atom stereocenters. The molecule has 0 aliphatic carbocycles. The van der Waals surface area contributed by atoms with Gasteiger partial charge in [-0.05, 0) is 49.6 Å². The monoisotopic (exact) mass is 401 g/mol. The summed E-state index contributed by atoms with van der Waals surface area (Å²) in [5.41, 5.74) is 1.84. The van der Waals surface area contributed by atoms with Crippen LogP contribution < -0.4 is 0 Å². The summed E-state index contributed by atoms with van der Waals surface area (Å²) in [6, 6.07) is 11.7. The highest BCUT2D eigenvalue weighted by Crippen LogP contribution is 2.39. The van der Waals surface area contributed by atoms with Crippen LogP contribution in [-0.4, -0.2) is 20.2 Å². The van der Waals surface area contributed by atoms with Gasteiger partial charge in [0.05, 0.1) is 5.41 Å². The van der Waals surface area contributed by atoms with Gasteiger partial charge >= 0.3 is 0 Å². The van der Waals surface area contributed by atoms with E-state index in [1.807, 2.05) is 19.1 Å². The smallest absolute Gasteiger partial charge is 0.263 e. The molecule has 25 heavy (non-hydrogen) atoms. The first-order chi connectivity index (χ1) is 11.8. The van der Waals surface area contributed by atoms with Crippen LogP contribution in [0, 0.1) is 12.8 Å². The van der Waals surface area contributed by atoms with Crippen molar-refractivity contribution in [2.75, 3.05) is 0 Å². The van der Waals surface area contributed by atoms with Crippen LogP contribution in [0.15, 0.2) is 45.4 Å². The minimum atomic E-state index is -0.420. The molecule has 0 spiro atoms. The van der Waals surface area contributed by atoms with Crippen molar-refractivity contribution in [3.8, 4) is 17.3 Å². The lowest BCUT2D eigenvalue weighted by Gasteiger charge is -2.31. The molecule has 0 saturated carbocycles. The number of halogens is 1. The molecule has 2 aromatic heterocycles. The molecule has 3 rings (SSSR count). The maximum Gasteiger partial charge on any atom is 0.263 e. The molecule has 0 radical (unpaired) electrons. The van der Waals surface area contributed by atoms with Gasteiger partial charge in [-0.1, -0.05) is 47.1 Å². The van der Waals surface area contributed by atoms with E-state index in [0.29, 0.717) is 11.4 Å². The number of rotatable bonds is 4. The lowest BCUT2D eigenvalue weighted by atomic mass is 9.73. The standard InChI is InChI=1S/C19H20BrN3O2/c1-11(2)19(4,13-6-8-14(20)9-7-13)18-22-17(25-23-18)15-10-5-12(3)21-16(15)24/h5-11H,1-4H3,(H,21,24). The summed E-state index contributed by atoms with van der Waals surface area (Å²) in [5.74, 6) is 0.984. The third-order valence-corrected chi connectivity index (χ3v) is 5.26. The van der Waals surface area contributed by atoms with Crippen LogP contribution in [-0.2, 0) is 5.41 Å². The van der Waals surface area contributed by atoms with Crippen LogP contribution in [0.2, 0.25) is 0 Å². The number of aryl methyl sites for hydroxylation is 1. The zero-order valence-corrected chi connectivity index (χ0v) is 16.2. The van der Waals surface area contributed by atoms with Gasteiger partial charge in [0, 0.05) is 10.2 Å². The first-order valence-electron chi connectivity index (χ1n) is 8.09. The SMILES string of the molecule is Cc1ccc(-c2nc(C(C)(c3ccc(Br)cc3)C(C)C)no2)c(O)n1. The topological polar surface area (TPSA) is 72.0 Å². The molecule has 0 amide bonds. The van der Waals surface area contributed by atoms with Crippen LogP contribution >= 0.6 is 15.9 Å². The molecule has 2 heterocycles. The average molecular weight is 402 g/mol. The van der Waals surface area contributed by atoms with Crippen molar-refractivity contribution in [3.05, 3.63) is 58.0 Å². The van der Waals surface area contributed by atoms with Gasteiger partial charge in [0.1, 0.15) is 5.56 Å². The molecule has 0 bridgehead atoms. The second-order valence-corrected chi connectivity index (χ2v) is 7.53. The summed E-state index contributed by atoms with van der Waals surface area (Å²) >= 11 is 3.47. The predicted molar refractivity (Wildman–Crippen MR) is 99.4 cm³/mol. The van der Waals surface area contributed by atoms with Crippen molar-refractivity contribution >= 4 is 15.9 Å². The van der Waals surface area contributed by atoms with Crippen LogP contribution in [0.3, 0.4) is 0 Å². The normalized spacial score (nSPS) is 13.8. The minimum Gasteiger partial charge on any atom is -0.493 e. The molecule has 1 unspecified atom stereocenters. The summed E-state index contributed by atoms with van der Waals surface area (Å²) in [4.78, 5) is 8.62. The van der Waals surface area contributed by atoms with Gasteiger partial charge < -0.3 is 9.63 Å². The van der Waals surface area contributed by atoms with Gasteiger partial charge in [-0.25, -0.2) is 4.98 Å². The van der Waals surface area contributed by atoms with Gasteiger partial charge in [0.15, 0.2) is 5.82 Å². The Hall–Kier alpha value is -2.21. The summed E-state index contributed by atoms with van der Waals surface area (Å²) < 4.78 is 6.46. The summed E-state index contributed by atoms with van der Waals surface area (Å²) in [6.45, 7) is 8.17. The van der Waals surface area contributed by atoms with E-state index >= 15 is 0 Å². The molecule has 5 nitrogen and oxygen atoms in total. The van der Waals surface area contributed by atoms with Crippen molar-refractivity contribution in [1.82, 2.24) is 15.1 Å². The van der Waals surface area contributed by atoms with Crippen molar-refractivity contribution in [3.63, 3.8) is 0 Å². The van der Waals surface area contributed by atoms with Crippen LogP contribution in [0.25, 0.3) is 11.5 Å². The van der Waals surface area contributed by atoms with E-state index in [1.165, 1.54) is 0 Å². The Morgan fingerprint density at radius 3 is 2.36 bits per heavy atom. The Balaban J connectivity index is 2.07. The molecule has 130 valence electrons. The maximum atomic E-state index is 10.1. The predicted octanol–water partition coefficient (Wildman–Crippen LogP) is 4.87. The molecule has 1 aromatic carbocycles. The Labute approximate surface area is 155 Å². The van der Waals surface area contributed by atoms with Gasteiger partial charge in [-0.3, -0.25) is 0 Å². The number of pyridine rings is 1. The molecule has 6 heteroatoms. The fourth-order valence-electron chi connectivity index (χ4n) is 2.77. The fourth-order valence-corrected chi connectivity index (χ4v) is 3.03. The highest BCUT2D eigenvalue weighted by atomic mass is 79.9. The van der Waals surface area contributed by atoms with Crippen LogP contribution in [0.1, 0.15) is 37.9 Å². The first kappa shape index (κ1) is 17.6. The molecular weight excluding hydrogens is 382 g/mol. The van der Waals surface area contributed by atoms with E-state index < -0.39 is 5.41 Å². The lowest BCUT2D eigenvalue weighted by Crippen LogP contribution is -2.31. The number of hydrogen-bond donors (Lipinski definition) is 1. The second kappa shape index (κ2) is 6.59. The van der Waals surface area contributed by atoms with E-state index in [0.717, 1.165) is 15.7 Å². The van der Waals surface area contributed by atoms with Gasteiger partial charge in [-0.2, -0.15) is 4.98 Å². The number of aromatic hydroxyl groups is 1. The number of aromatic nitrogens is 3. The van der Waals surface area contributed by atoms with Gasteiger partial charge in [0.25, 0.3) is 5.89 Å². The molecule has 0 fully saturated rings. The lowest BCUT2D eigenvalue weighted by molar-refractivity contribution is 0.350. The van der Waals surface area contributed by atoms with Gasteiger partial charge in [-0.15, -0.1) is 0 Å². The maximum absolute atomic E-state index is 10.1. The van der Waals surface area contributed by atoms with E-state index in [1.54, 1.807) is 12.1 Å². The molecule has 0 aliphatic heterocycles. The summed E-state index contributed by atoms with van der Waals surface area (Å²) in [6.07, 6.45) is 0. The zero-order valence-electron chi connectivity index (χ0n) is 14.6. The molecule has 3 aromatic rings. The van der Waals surface area contributed by atoms with Crippen molar-refractivity contribution in [2.24, 2.45) is 5.92 Å². The van der Waals surface area contributed by atoms with Gasteiger partial charge in [0.2, 0.25) is 5.88 Å². The van der Waals surface area contributed by atoms with Crippen LogP contribution in [0.4, 0.5) is 0 Å². The largest absolute Gasteiger partial charge is 0.493 e. The van der Waals surface area contributed by atoms with Crippen LogP contribution in [0.5, 0.6) is 5.88 Å².